The summed E-state index contributed by atoms with van der Waals surface area (Å²) >= 11 is 13.2. The van der Waals surface area contributed by atoms with Crippen molar-refractivity contribution in [3.05, 3.63) is 28.4 Å². The molecule has 0 radical (unpaired) electrons. The van der Waals surface area contributed by atoms with Crippen molar-refractivity contribution in [1.29, 1.82) is 0 Å². The van der Waals surface area contributed by atoms with Crippen LogP contribution in [-0.2, 0) is 9.47 Å². The maximum absolute atomic E-state index is 6.61. The number of anilines is 2. The van der Waals surface area contributed by atoms with Crippen molar-refractivity contribution in [2.75, 3.05) is 51.7 Å². The quantitative estimate of drug-likeness (QED) is 0.353. The molecule has 4 rings (SSSR count). The molecule has 1 aliphatic heterocycles. The van der Waals surface area contributed by atoms with E-state index in [0.717, 1.165) is 37.9 Å². The van der Waals surface area contributed by atoms with Crippen molar-refractivity contribution in [1.82, 2.24) is 15.0 Å². The van der Waals surface area contributed by atoms with Gasteiger partial charge >= 0.3 is 0 Å². The highest BCUT2D eigenvalue weighted by atomic mass is 35.5. The molecule has 3 heterocycles. The lowest BCUT2D eigenvalue weighted by molar-refractivity contribution is 0.0904. The first kappa shape index (κ1) is 28.0. The Morgan fingerprint density at radius 1 is 1.06 bits per heavy atom. The van der Waals surface area contributed by atoms with Gasteiger partial charge in [0.25, 0.3) is 0 Å². The molecule has 9 nitrogen and oxygen atoms in total. The number of nitrogens with zero attached hydrogens (tertiary/aromatic N) is 3. The highest BCUT2D eigenvalue weighted by Gasteiger charge is 2.23. The zero-order chi connectivity index (χ0) is 26.1. The van der Waals surface area contributed by atoms with Gasteiger partial charge in [-0.25, -0.2) is 15.0 Å². The Labute approximate surface area is 221 Å². The molecule has 196 valence electrons. The first-order valence-corrected chi connectivity index (χ1v) is 12.6. The van der Waals surface area contributed by atoms with E-state index in [-0.39, 0.29) is 12.0 Å². The fourth-order valence-corrected chi connectivity index (χ4v) is 4.41. The molecule has 36 heavy (non-hydrogen) atoms. The molecule has 0 unspecified atom stereocenters. The van der Waals surface area contributed by atoms with Gasteiger partial charge in [0.2, 0.25) is 5.95 Å². The van der Waals surface area contributed by atoms with Crippen LogP contribution in [-0.4, -0.2) is 61.6 Å². The third-order valence-corrected chi connectivity index (χ3v) is 6.28. The molecule has 1 fully saturated rings. The molecule has 1 aliphatic rings. The average Bonchev–Trinajstić information content (AvgIpc) is 2.89. The van der Waals surface area contributed by atoms with Gasteiger partial charge in [-0.15, -0.1) is 0 Å². The Kier molecular flexibility index (Phi) is 10.6. The second kappa shape index (κ2) is 13.6. The van der Waals surface area contributed by atoms with Gasteiger partial charge in [-0.05, 0) is 32.3 Å². The first-order chi connectivity index (χ1) is 17.4. The highest BCUT2D eigenvalue weighted by molar-refractivity contribution is 6.41. The number of nitrogens with two attached hydrogens (primary N) is 1. The predicted octanol–water partition coefficient (Wildman–Crippen LogP) is 5.62. The summed E-state index contributed by atoms with van der Waals surface area (Å²) in [5.74, 6) is 1.62. The number of fused-ring (bicyclic) bond motifs is 1. The largest absolute Gasteiger partial charge is 0.495 e. The average molecular weight is 538 g/mol. The highest BCUT2D eigenvalue weighted by Crippen LogP contribution is 2.46. The number of ether oxygens (including phenoxy) is 4. The molecule has 3 aromatic rings. The van der Waals surface area contributed by atoms with E-state index in [1.807, 2.05) is 13.0 Å². The molecule has 0 aliphatic carbocycles. The van der Waals surface area contributed by atoms with E-state index in [1.165, 1.54) is 14.2 Å². The maximum Gasteiger partial charge on any atom is 0.220 e. The van der Waals surface area contributed by atoms with E-state index >= 15 is 0 Å². The minimum Gasteiger partial charge on any atom is -0.495 e. The topological polar surface area (TPSA) is 114 Å². The van der Waals surface area contributed by atoms with Crippen LogP contribution >= 0.6 is 23.2 Å². The van der Waals surface area contributed by atoms with Gasteiger partial charge in [0.05, 0.1) is 30.0 Å². The Balaban J connectivity index is 0.000000538. The smallest absolute Gasteiger partial charge is 0.220 e. The van der Waals surface area contributed by atoms with Crippen LogP contribution in [0.3, 0.4) is 0 Å². The monoisotopic (exact) mass is 537 g/mol. The van der Waals surface area contributed by atoms with E-state index in [0.29, 0.717) is 57.3 Å². The summed E-state index contributed by atoms with van der Waals surface area (Å²) in [6, 6.07) is 3.66. The van der Waals surface area contributed by atoms with Gasteiger partial charge in [-0.1, -0.05) is 30.1 Å². The van der Waals surface area contributed by atoms with Crippen LogP contribution in [0.15, 0.2) is 18.3 Å². The molecular weight excluding hydrogens is 505 g/mol. The van der Waals surface area contributed by atoms with Gasteiger partial charge in [0, 0.05) is 55.7 Å². The van der Waals surface area contributed by atoms with Crippen molar-refractivity contribution in [3.8, 4) is 22.8 Å². The number of methoxy groups -OCH3 is 2. The van der Waals surface area contributed by atoms with Crippen LogP contribution in [0.5, 0.6) is 11.5 Å². The van der Waals surface area contributed by atoms with Crippen LogP contribution < -0.4 is 20.5 Å². The zero-order valence-corrected chi connectivity index (χ0v) is 22.6. The van der Waals surface area contributed by atoms with E-state index in [1.54, 1.807) is 12.3 Å². The number of aromatic nitrogens is 3. The fraction of sp³-hybridized carbons (Fsp3) is 0.480. The first-order valence-electron chi connectivity index (χ1n) is 11.9. The minimum atomic E-state index is 0.172. The molecule has 1 saturated heterocycles. The number of rotatable bonds is 8. The van der Waals surface area contributed by atoms with E-state index < -0.39 is 0 Å². The van der Waals surface area contributed by atoms with Gasteiger partial charge in [0.1, 0.15) is 17.0 Å². The number of benzene rings is 1. The number of nitrogen functional groups attached to an aromatic ring is 1. The minimum absolute atomic E-state index is 0.172. The normalized spacial score (nSPS) is 13.7. The van der Waals surface area contributed by atoms with Crippen LogP contribution in [0, 0.1) is 0 Å². The Morgan fingerprint density at radius 3 is 2.28 bits per heavy atom. The van der Waals surface area contributed by atoms with Crippen molar-refractivity contribution in [2.45, 2.75) is 39.2 Å². The summed E-state index contributed by atoms with van der Waals surface area (Å²) in [6.45, 7) is 7.27. The third kappa shape index (κ3) is 6.79. The second-order valence-corrected chi connectivity index (χ2v) is 8.79. The number of hydrogen-bond donors (Lipinski definition) is 2. The Morgan fingerprint density at radius 2 is 1.72 bits per heavy atom. The molecule has 1 aromatic carbocycles. The molecule has 0 spiro atoms. The summed E-state index contributed by atoms with van der Waals surface area (Å²) in [5.41, 5.74) is 7.49. The summed E-state index contributed by atoms with van der Waals surface area (Å²) in [5, 5.41) is 4.89. The lowest BCUT2D eigenvalue weighted by Crippen LogP contribution is -2.28. The number of hydrogen-bond acceptors (Lipinski definition) is 9. The number of halogens is 2. The van der Waals surface area contributed by atoms with Crippen LogP contribution in [0.1, 0.15) is 33.1 Å². The lowest BCUT2D eigenvalue weighted by atomic mass is 10.1. The number of nitrogens with one attached hydrogen (secondary N) is 1. The molecule has 3 N–H and O–H groups in total. The molecule has 0 saturated carbocycles. The molecule has 0 amide bonds. The van der Waals surface area contributed by atoms with Crippen LogP contribution in [0.4, 0.5) is 11.8 Å². The predicted molar refractivity (Wildman–Crippen MR) is 145 cm³/mol. The number of pyridine rings is 1. The third-order valence-electron chi connectivity index (χ3n) is 5.53. The summed E-state index contributed by atoms with van der Waals surface area (Å²) in [4.78, 5) is 13.3. The lowest BCUT2D eigenvalue weighted by Gasteiger charge is -2.24. The standard InChI is InChI=1S/C20H21Cl2N5O3.C5H12O/c1-28-13-8-14(29-2)17(22)15(16(13)21)12-7-10-9-24-20(23)27-18(10)19(26-12)25-11-3-5-30-6-4-11;1-3-5-6-4-2/h7-9,11H,3-6H2,1-2H3,(H,25,26)(H2,23,24,27);3-5H2,1-2H3. The SMILES string of the molecule is CCCOCC.COc1cc(OC)c(Cl)c(-c2cc3cnc(N)nc3c(NC3CCOCC3)n2)c1Cl. The van der Waals surface area contributed by atoms with Gasteiger partial charge in [-0.2, -0.15) is 0 Å². The van der Waals surface area contributed by atoms with E-state index in [9.17, 15) is 0 Å². The summed E-state index contributed by atoms with van der Waals surface area (Å²) in [6.07, 6.45) is 4.51. The van der Waals surface area contributed by atoms with Crippen molar-refractivity contribution < 1.29 is 18.9 Å². The van der Waals surface area contributed by atoms with E-state index in [4.69, 9.17) is 52.9 Å². The molecule has 2 aromatic heterocycles. The van der Waals surface area contributed by atoms with E-state index in [2.05, 4.69) is 22.2 Å². The molecular formula is C25H33Cl2N5O4. The molecule has 0 atom stereocenters. The fourth-order valence-electron chi connectivity index (χ4n) is 3.72. The van der Waals surface area contributed by atoms with Crippen molar-refractivity contribution in [2.24, 2.45) is 0 Å². The van der Waals surface area contributed by atoms with Gasteiger partial charge in [0.15, 0.2) is 5.82 Å². The Hall–Kier alpha value is -2.59. The second-order valence-electron chi connectivity index (χ2n) is 8.03. The van der Waals surface area contributed by atoms with Crippen LogP contribution in [0.25, 0.3) is 22.2 Å². The Bertz CT molecular complexity index is 1130. The summed E-state index contributed by atoms with van der Waals surface area (Å²) < 4.78 is 21.2. The summed E-state index contributed by atoms with van der Waals surface area (Å²) in [7, 11) is 3.06. The van der Waals surface area contributed by atoms with Gasteiger partial charge < -0.3 is 30.0 Å². The van der Waals surface area contributed by atoms with Crippen molar-refractivity contribution >= 4 is 45.9 Å². The molecule has 0 bridgehead atoms. The molecule has 11 heteroatoms. The van der Waals surface area contributed by atoms with Crippen LogP contribution in [0.2, 0.25) is 10.0 Å². The maximum atomic E-state index is 6.61. The zero-order valence-electron chi connectivity index (χ0n) is 21.1. The van der Waals surface area contributed by atoms with Crippen molar-refractivity contribution in [3.63, 3.8) is 0 Å². The van der Waals surface area contributed by atoms with Gasteiger partial charge in [-0.3, -0.25) is 0 Å².